The minimum absolute atomic E-state index is 0.735. The van der Waals surface area contributed by atoms with Gasteiger partial charge in [-0.3, -0.25) is 10.3 Å². The van der Waals surface area contributed by atoms with Gasteiger partial charge in [-0.05, 0) is 25.0 Å². The van der Waals surface area contributed by atoms with Crippen molar-refractivity contribution in [3.8, 4) is 0 Å². The monoisotopic (exact) mass is 149 g/mol. The molecule has 0 bridgehead atoms. The van der Waals surface area contributed by atoms with Crippen LogP contribution in [0.15, 0.2) is 18.2 Å². The third-order valence-corrected chi connectivity index (χ3v) is 2.11. The maximum absolute atomic E-state index is 9.31. The summed E-state index contributed by atoms with van der Waals surface area (Å²) in [5.41, 5.74) is 3.49. The second-order valence-corrected chi connectivity index (χ2v) is 3.01. The van der Waals surface area contributed by atoms with E-state index in [1.165, 1.54) is 16.2 Å². The van der Waals surface area contributed by atoms with E-state index in [4.69, 9.17) is 0 Å². The number of hydrogen-bond acceptors (Lipinski definition) is 2. The van der Waals surface area contributed by atoms with Gasteiger partial charge in [-0.1, -0.05) is 17.7 Å². The maximum atomic E-state index is 9.31. The Kier molecular flexibility index (Phi) is 1.36. The molecule has 2 rings (SSSR count). The van der Waals surface area contributed by atoms with E-state index in [1.54, 1.807) is 0 Å². The van der Waals surface area contributed by atoms with E-state index in [0.717, 1.165) is 18.7 Å². The number of fused-ring (bicyclic) bond motifs is 1. The topological polar surface area (TPSA) is 23.5 Å². The molecule has 0 atom stereocenters. The Morgan fingerprint density at radius 2 is 2.27 bits per heavy atom. The summed E-state index contributed by atoms with van der Waals surface area (Å²) in [7, 11) is 0. The molecule has 0 saturated heterocycles. The van der Waals surface area contributed by atoms with Crippen molar-refractivity contribution in [2.24, 2.45) is 0 Å². The number of rotatable bonds is 0. The lowest BCUT2D eigenvalue weighted by atomic mass is 10.1. The fourth-order valence-electron chi connectivity index (χ4n) is 1.51. The minimum Gasteiger partial charge on any atom is -0.288 e. The van der Waals surface area contributed by atoms with E-state index in [0.29, 0.717) is 0 Å². The van der Waals surface area contributed by atoms with E-state index >= 15 is 0 Å². The van der Waals surface area contributed by atoms with Gasteiger partial charge >= 0.3 is 0 Å². The van der Waals surface area contributed by atoms with Crippen LogP contribution in [0, 0.1) is 6.92 Å². The third kappa shape index (κ3) is 0.994. The molecule has 0 saturated carbocycles. The van der Waals surface area contributed by atoms with Crippen LogP contribution >= 0.6 is 0 Å². The van der Waals surface area contributed by atoms with E-state index in [2.05, 4.69) is 13.0 Å². The van der Waals surface area contributed by atoms with Crippen LogP contribution in [0.3, 0.4) is 0 Å². The van der Waals surface area contributed by atoms with Crippen LogP contribution in [-0.2, 0) is 6.42 Å². The quantitative estimate of drug-likeness (QED) is 0.607. The lowest BCUT2D eigenvalue weighted by Crippen LogP contribution is -2.13. The highest BCUT2D eigenvalue weighted by molar-refractivity contribution is 5.56. The van der Waals surface area contributed by atoms with Crippen LogP contribution in [-0.4, -0.2) is 11.8 Å². The second-order valence-electron chi connectivity index (χ2n) is 3.01. The maximum Gasteiger partial charge on any atom is 0.0667 e. The molecular formula is C9H11NO. The third-order valence-electron chi connectivity index (χ3n) is 2.11. The molecule has 1 N–H and O–H groups in total. The van der Waals surface area contributed by atoms with Crippen LogP contribution in [0.4, 0.5) is 5.69 Å². The van der Waals surface area contributed by atoms with Gasteiger partial charge < -0.3 is 0 Å². The standard InChI is InChI=1S/C9H11NO/c1-7-2-3-9-8(6-7)4-5-10(9)11/h2-3,6,11H,4-5H2,1H3. The van der Waals surface area contributed by atoms with Gasteiger partial charge in [0.25, 0.3) is 0 Å². The molecule has 58 valence electrons. The lowest BCUT2D eigenvalue weighted by molar-refractivity contribution is 0.264. The molecule has 1 aliphatic rings. The van der Waals surface area contributed by atoms with Crippen molar-refractivity contribution in [2.45, 2.75) is 13.3 Å². The smallest absolute Gasteiger partial charge is 0.0667 e. The molecule has 11 heavy (non-hydrogen) atoms. The SMILES string of the molecule is Cc1ccc2c(c1)CCN2O. The van der Waals surface area contributed by atoms with Crippen LogP contribution in [0.1, 0.15) is 11.1 Å². The fourth-order valence-corrected chi connectivity index (χ4v) is 1.51. The van der Waals surface area contributed by atoms with Crippen LogP contribution in [0.5, 0.6) is 0 Å². The Hall–Kier alpha value is -1.02. The Labute approximate surface area is 66.0 Å². The van der Waals surface area contributed by atoms with Gasteiger partial charge in [0.05, 0.1) is 5.69 Å². The first-order valence-electron chi connectivity index (χ1n) is 3.83. The molecule has 1 aliphatic heterocycles. The largest absolute Gasteiger partial charge is 0.288 e. The van der Waals surface area contributed by atoms with Gasteiger partial charge in [0.1, 0.15) is 0 Å². The van der Waals surface area contributed by atoms with Gasteiger partial charge in [0.2, 0.25) is 0 Å². The van der Waals surface area contributed by atoms with E-state index < -0.39 is 0 Å². The fraction of sp³-hybridized carbons (Fsp3) is 0.333. The van der Waals surface area contributed by atoms with Crippen LogP contribution in [0.25, 0.3) is 0 Å². The average molecular weight is 149 g/mol. The van der Waals surface area contributed by atoms with Crippen molar-refractivity contribution in [1.82, 2.24) is 0 Å². The number of hydrogen-bond donors (Lipinski definition) is 1. The van der Waals surface area contributed by atoms with Crippen molar-refractivity contribution < 1.29 is 5.21 Å². The van der Waals surface area contributed by atoms with E-state index in [1.807, 2.05) is 12.1 Å². The zero-order chi connectivity index (χ0) is 7.84. The van der Waals surface area contributed by atoms with Crippen molar-refractivity contribution in [3.63, 3.8) is 0 Å². The number of anilines is 1. The van der Waals surface area contributed by atoms with Crippen molar-refractivity contribution in [2.75, 3.05) is 11.6 Å². The molecule has 0 radical (unpaired) electrons. The van der Waals surface area contributed by atoms with Gasteiger partial charge in [-0.25, -0.2) is 0 Å². The van der Waals surface area contributed by atoms with E-state index in [9.17, 15) is 5.21 Å². The number of benzene rings is 1. The number of nitrogens with zero attached hydrogens (tertiary/aromatic N) is 1. The highest BCUT2D eigenvalue weighted by Crippen LogP contribution is 2.26. The Bertz CT molecular complexity index is 283. The van der Waals surface area contributed by atoms with Gasteiger partial charge in [-0.15, -0.1) is 0 Å². The normalized spacial score (nSPS) is 15.3. The minimum atomic E-state index is 0.735. The summed E-state index contributed by atoms with van der Waals surface area (Å²) in [6.07, 6.45) is 0.966. The summed E-state index contributed by atoms with van der Waals surface area (Å²) in [6, 6.07) is 6.12. The first kappa shape index (κ1) is 6.68. The molecule has 2 heteroatoms. The van der Waals surface area contributed by atoms with Crippen molar-refractivity contribution >= 4 is 5.69 Å². The summed E-state index contributed by atoms with van der Waals surface area (Å²) < 4.78 is 0. The molecule has 2 nitrogen and oxygen atoms in total. The lowest BCUT2D eigenvalue weighted by Gasteiger charge is -2.08. The zero-order valence-corrected chi connectivity index (χ0v) is 6.54. The number of hydroxylamine groups is 1. The molecule has 0 aliphatic carbocycles. The highest BCUT2D eigenvalue weighted by Gasteiger charge is 2.16. The predicted octanol–water partition coefficient (Wildman–Crippen LogP) is 1.75. The molecular weight excluding hydrogens is 138 g/mol. The summed E-state index contributed by atoms with van der Waals surface area (Å²) in [5.74, 6) is 0. The van der Waals surface area contributed by atoms with Gasteiger partial charge in [-0.2, -0.15) is 0 Å². The Morgan fingerprint density at radius 1 is 1.45 bits per heavy atom. The first-order valence-corrected chi connectivity index (χ1v) is 3.83. The molecule has 0 fully saturated rings. The predicted molar refractivity (Wildman–Crippen MR) is 44.0 cm³/mol. The molecule has 0 spiro atoms. The summed E-state index contributed by atoms with van der Waals surface area (Å²) in [6.45, 7) is 2.80. The van der Waals surface area contributed by atoms with Crippen molar-refractivity contribution in [1.29, 1.82) is 0 Å². The Morgan fingerprint density at radius 3 is 3.09 bits per heavy atom. The van der Waals surface area contributed by atoms with Crippen LogP contribution in [0.2, 0.25) is 0 Å². The molecule has 1 aromatic carbocycles. The number of aryl methyl sites for hydroxylation is 1. The highest BCUT2D eigenvalue weighted by atomic mass is 16.5. The summed E-state index contributed by atoms with van der Waals surface area (Å²) >= 11 is 0. The zero-order valence-electron chi connectivity index (χ0n) is 6.54. The average Bonchev–Trinajstić information content (AvgIpc) is 2.32. The Balaban J connectivity index is 2.50. The molecule has 1 heterocycles. The molecule has 1 aromatic rings. The van der Waals surface area contributed by atoms with Crippen molar-refractivity contribution in [3.05, 3.63) is 29.3 Å². The molecule has 0 amide bonds. The van der Waals surface area contributed by atoms with Crippen LogP contribution < -0.4 is 5.06 Å². The summed E-state index contributed by atoms with van der Waals surface area (Å²) in [4.78, 5) is 0. The molecule has 0 aromatic heterocycles. The summed E-state index contributed by atoms with van der Waals surface area (Å²) in [5, 5.41) is 10.6. The second kappa shape index (κ2) is 2.24. The van der Waals surface area contributed by atoms with Gasteiger partial charge in [0, 0.05) is 6.54 Å². The molecule has 0 unspecified atom stereocenters. The van der Waals surface area contributed by atoms with E-state index in [-0.39, 0.29) is 0 Å². The van der Waals surface area contributed by atoms with Gasteiger partial charge in [0.15, 0.2) is 0 Å². The first-order chi connectivity index (χ1) is 5.27.